The van der Waals surface area contributed by atoms with Crippen LogP contribution < -0.4 is 5.32 Å². The normalized spacial score (nSPS) is 10.5. The zero-order chi connectivity index (χ0) is 17.7. The number of anilines is 1. The number of ether oxygens (including phenoxy) is 1. The number of halogens is 2. The average Bonchev–Trinajstić information content (AvgIpc) is 2.87. The lowest BCUT2D eigenvalue weighted by Crippen LogP contribution is -2.17. The Bertz CT molecular complexity index is 761. The molecule has 1 aromatic heterocycles. The fraction of sp³-hybridized carbons (Fsp3) is 0.312. The van der Waals surface area contributed by atoms with Crippen LogP contribution in [0.1, 0.15) is 40.7 Å². The summed E-state index contributed by atoms with van der Waals surface area (Å²) >= 11 is 9.40. The van der Waals surface area contributed by atoms with Gasteiger partial charge in [0.15, 0.2) is 5.82 Å². The Morgan fingerprint density at radius 1 is 1.42 bits per heavy atom. The van der Waals surface area contributed by atoms with E-state index in [4.69, 9.17) is 16.3 Å². The van der Waals surface area contributed by atoms with Gasteiger partial charge >= 0.3 is 5.97 Å². The molecule has 0 bridgehead atoms. The zero-order valence-electron chi connectivity index (χ0n) is 13.3. The smallest absolute Gasteiger partial charge is 0.339 e. The third-order valence-electron chi connectivity index (χ3n) is 3.31. The summed E-state index contributed by atoms with van der Waals surface area (Å²) in [6.45, 7) is 2.37. The number of rotatable bonds is 6. The second-order valence-electron chi connectivity index (χ2n) is 5.10. The van der Waals surface area contributed by atoms with Gasteiger partial charge in [-0.15, -0.1) is 0 Å². The van der Waals surface area contributed by atoms with Gasteiger partial charge in [-0.1, -0.05) is 24.9 Å². The second kappa shape index (κ2) is 8.30. The van der Waals surface area contributed by atoms with Crippen LogP contribution in [-0.2, 0) is 11.8 Å². The van der Waals surface area contributed by atoms with E-state index in [-0.39, 0.29) is 22.3 Å². The van der Waals surface area contributed by atoms with Crippen molar-refractivity contribution >= 4 is 45.1 Å². The van der Waals surface area contributed by atoms with E-state index in [0.29, 0.717) is 16.9 Å². The molecule has 0 aliphatic carbocycles. The number of unbranched alkanes of at least 4 members (excludes halogenated alkanes) is 1. The number of hydrogen-bond donors (Lipinski definition) is 1. The van der Waals surface area contributed by atoms with Crippen LogP contribution in [0.15, 0.2) is 29.0 Å². The molecule has 0 aliphatic heterocycles. The van der Waals surface area contributed by atoms with Crippen LogP contribution in [0.25, 0.3) is 0 Å². The lowest BCUT2D eigenvalue weighted by Gasteiger charge is -2.09. The van der Waals surface area contributed by atoms with Crippen LogP contribution in [0.2, 0.25) is 5.02 Å². The summed E-state index contributed by atoms with van der Waals surface area (Å²) in [5.41, 5.74) is 0.736. The van der Waals surface area contributed by atoms with Crippen molar-refractivity contribution in [1.29, 1.82) is 0 Å². The van der Waals surface area contributed by atoms with Gasteiger partial charge in [0.1, 0.15) is 4.60 Å². The van der Waals surface area contributed by atoms with Crippen LogP contribution in [0, 0.1) is 0 Å². The highest BCUT2D eigenvalue weighted by molar-refractivity contribution is 9.10. The molecule has 8 heteroatoms. The van der Waals surface area contributed by atoms with Gasteiger partial charge in [-0.25, -0.2) is 9.78 Å². The van der Waals surface area contributed by atoms with Gasteiger partial charge in [0.05, 0.1) is 23.4 Å². The first-order valence-corrected chi connectivity index (χ1v) is 8.56. The van der Waals surface area contributed by atoms with Crippen molar-refractivity contribution in [3.05, 3.63) is 45.4 Å². The van der Waals surface area contributed by atoms with Crippen LogP contribution in [0.5, 0.6) is 0 Å². The third kappa shape index (κ3) is 4.36. The van der Waals surface area contributed by atoms with Crippen molar-refractivity contribution in [3.63, 3.8) is 0 Å². The van der Waals surface area contributed by atoms with Crippen molar-refractivity contribution in [2.75, 3.05) is 11.9 Å². The molecule has 1 amide bonds. The number of amides is 1. The lowest BCUT2D eigenvalue weighted by molar-refractivity contribution is 0.0500. The van der Waals surface area contributed by atoms with E-state index in [9.17, 15) is 9.59 Å². The number of esters is 1. The van der Waals surface area contributed by atoms with E-state index < -0.39 is 5.97 Å². The molecule has 1 aromatic carbocycles. The first-order chi connectivity index (χ1) is 11.4. The fourth-order valence-electron chi connectivity index (χ4n) is 1.93. The average molecular weight is 415 g/mol. The van der Waals surface area contributed by atoms with Crippen LogP contribution >= 0.6 is 27.5 Å². The maximum atomic E-state index is 12.2. The Balaban J connectivity index is 2.08. The number of carbonyl (C=O) groups excluding carboxylic acids is 2. The molecule has 0 saturated heterocycles. The van der Waals surface area contributed by atoms with Gasteiger partial charge in [0, 0.05) is 12.7 Å². The molecule has 0 saturated carbocycles. The number of aromatic nitrogens is 2. The molecule has 0 fully saturated rings. The van der Waals surface area contributed by atoms with Crippen molar-refractivity contribution in [1.82, 2.24) is 9.55 Å². The predicted octanol–water partition coefficient (Wildman–Crippen LogP) is 4.05. The summed E-state index contributed by atoms with van der Waals surface area (Å²) in [6.07, 6.45) is 3.28. The Morgan fingerprint density at radius 3 is 2.75 bits per heavy atom. The van der Waals surface area contributed by atoms with Crippen LogP contribution in [0.4, 0.5) is 5.69 Å². The Hall–Kier alpha value is -1.86. The standard InChI is InChI=1S/C16H17BrClN3O3/c1-3-4-7-24-16(23)11-6-5-10(8-12(11)18)20-15(22)14-19-9-13(17)21(14)2/h5-6,8-9H,3-4,7H2,1-2H3,(H,20,22). The van der Waals surface area contributed by atoms with E-state index in [1.54, 1.807) is 17.7 Å². The van der Waals surface area contributed by atoms with Crippen molar-refractivity contribution in [2.45, 2.75) is 19.8 Å². The Morgan fingerprint density at radius 2 is 2.17 bits per heavy atom. The number of imidazole rings is 1. The maximum absolute atomic E-state index is 12.2. The third-order valence-corrected chi connectivity index (χ3v) is 4.36. The molecule has 128 valence electrons. The molecule has 0 unspecified atom stereocenters. The summed E-state index contributed by atoms with van der Waals surface area (Å²) in [7, 11) is 1.72. The molecule has 24 heavy (non-hydrogen) atoms. The fourth-order valence-corrected chi connectivity index (χ4v) is 2.46. The van der Waals surface area contributed by atoms with Gasteiger partial charge in [0.2, 0.25) is 0 Å². The zero-order valence-corrected chi connectivity index (χ0v) is 15.6. The largest absolute Gasteiger partial charge is 0.462 e. The Labute approximate surface area is 153 Å². The van der Waals surface area contributed by atoms with Crippen LogP contribution in [0.3, 0.4) is 0 Å². The quantitative estimate of drug-likeness (QED) is 0.572. The SMILES string of the molecule is CCCCOC(=O)c1ccc(NC(=O)c2ncc(Br)n2C)cc1Cl. The minimum atomic E-state index is -0.473. The molecule has 0 aliphatic rings. The molecule has 0 spiro atoms. The summed E-state index contributed by atoms with van der Waals surface area (Å²) < 4.78 is 7.43. The lowest BCUT2D eigenvalue weighted by atomic mass is 10.2. The molecule has 2 rings (SSSR count). The molecule has 2 aromatic rings. The summed E-state index contributed by atoms with van der Waals surface area (Å²) in [4.78, 5) is 28.2. The summed E-state index contributed by atoms with van der Waals surface area (Å²) in [5, 5.41) is 2.91. The number of carbonyl (C=O) groups is 2. The van der Waals surface area contributed by atoms with E-state index in [1.807, 2.05) is 6.92 Å². The highest BCUT2D eigenvalue weighted by Gasteiger charge is 2.16. The number of benzene rings is 1. The Kier molecular flexibility index (Phi) is 6.39. The number of nitrogens with one attached hydrogen (secondary N) is 1. The van der Waals surface area contributed by atoms with E-state index in [0.717, 1.165) is 12.8 Å². The van der Waals surface area contributed by atoms with Crippen molar-refractivity contribution in [2.24, 2.45) is 7.05 Å². The monoisotopic (exact) mass is 413 g/mol. The predicted molar refractivity (Wildman–Crippen MR) is 95.5 cm³/mol. The van der Waals surface area contributed by atoms with Crippen LogP contribution in [-0.4, -0.2) is 28.0 Å². The second-order valence-corrected chi connectivity index (χ2v) is 6.32. The van der Waals surface area contributed by atoms with Gasteiger partial charge in [-0.3, -0.25) is 4.79 Å². The van der Waals surface area contributed by atoms with Crippen molar-refractivity contribution < 1.29 is 14.3 Å². The topological polar surface area (TPSA) is 73.2 Å². The molecule has 6 nitrogen and oxygen atoms in total. The van der Waals surface area contributed by atoms with E-state index in [2.05, 4.69) is 26.2 Å². The number of hydrogen-bond acceptors (Lipinski definition) is 4. The first kappa shape index (κ1) is 18.5. The highest BCUT2D eigenvalue weighted by Crippen LogP contribution is 2.22. The molecule has 1 N–H and O–H groups in total. The molecule has 1 heterocycles. The van der Waals surface area contributed by atoms with Gasteiger partial charge < -0.3 is 14.6 Å². The first-order valence-electron chi connectivity index (χ1n) is 7.39. The minimum Gasteiger partial charge on any atom is -0.462 e. The van der Waals surface area contributed by atoms with Gasteiger partial charge in [0.25, 0.3) is 5.91 Å². The summed E-state index contributed by atoms with van der Waals surface area (Å²) in [5.74, 6) is -0.599. The van der Waals surface area contributed by atoms with Gasteiger partial charge in [-0.2, -0.15) is 0 Å². The molecular formula is C16H17BrClN3O3. The number of nitrogens with zero attached hydrogens (tertiary/aromatic N) is 2. The highest BCUT2D eigenvalue weighted by atomic mass is 79.9. The molecule has 0 atom stereocenters. The summed E-state index contributed by atoms with van der Waals surface area (Å²) in [6, 6.07) is 4.63. The van der Waals surface area contributed by atoms with E-state index in [1.165, 1.54) is 18.3 Å². The van der Waals surface area contributed by atoms with Crippen molar-refractivity contribution in [3.8, 4) is 0 Å². The van der Waals surface area contributed by atoms with E-state index >= 15 is 0 Å². The molecular weight excluding hydrogens is 398 g/mol. The maximum Gasteiger partial charge on any atom is 0.339 e. The molecule has 0 radical (unpaired) electrons. The minimum absolute atomic E-state index is 0.218. The van der Waals surface area contributed by atoms with Gasteiger partial charge in [-0.05, 0) is 40.5 Å².